The minimum Gasteiger partial charge on any atom is -0.394 e. The van der Waals surface area contributed by atoms with Gasteiger partial charge in [0.15, 0.2) is 0 Å². The Kier molecular flexibility index (Phi) is 6.59. The summed E-state index contributed by atoms with van der Waals surface area (Å²) in [6.45, 7) is 1.46. The zero-order valence-corrected chi connectivity index (χ0v) is 16.7. The first-order valence-corrected chi connectivity index (χ1v) is 9.49. The molecule has 0 aliphatic heterocycles. The van der Waals surface area contributed by atoms with Crippen molar-refractivity contribution in [3.63, 3.8) is 0 Å². The normalized spacial score (nSPS) is 11.9. The van der Waals surface area contributed by atoms with Crippen LogP contribution >= 0.6 is 11.6 Å². The lowest BCUT2D eigenvalue weighted by Crippen LogP contribution is -2.40. The van der Waals surface area contributed by atoms with Crippen molar-refractivity contribution in [2.75, 3.05) is 6.61 Å². The van der Waals surface area contributed by atoms with Gasteiger partial charge >= 0.3 is 0 Å². The first kappa shape index (κ1) is 21.6. The topological polar surface area (TPSA) is 84.2 Å². The van der Waals surface area contributed by atoms with E-state index in [9.17, 15) is 23.5 Å². The summed E-state index contributed by atoms with van der Waals surface area (Å²) in [6.07, 6.45) is 0.445. The molecule has 0 aliphatic carbocycles. The molecule has 0 fully saturated rings. The van der Waals surface area contributed by atoms with Gasteiger partial charge in [0.2, 0.25) is 0 Å². The highest BCUT2D eigenvalue weighted by Crippen LogP contribution is 2.23. The van der Waals surface area contributed by atoms with E-state index in [2.05, 4.69) is 10.4 Å². The minimum atomic E-state index is -0.788. The largest absolute Gasteiger partial charge is 0.394 e. The number of aromatic nitrogens is 2. The van der Waals surface area contributed by atoms with Gasteiger partial charge in [-0.15, -0.1) is 0 Å². The molecule has 1 amide bonds. The quantitative estimate of drug-likeness (QED) is 0.624. The Balaban J connectivity index is 2.20. The highest BCUT2D eigenvalue weighted by atomic mass is 35.5. The minimum absolute atomic E-state index is 0.0936. The Hall–Kier alpha value is -3.10. The SMILES string of the molecule is CCC(CO)NC(=O)c1cc(-c2ccc(Cl)c(F)c2)nn(-c2cccc(F)c2)c1=O. The molecular formula is C21H18ClF2N3O3. The third-order valence-corrected chi connectivity index (χ3v) is 4.78. The van der Waals surface area contributed by atoms with Crippen molar-refractivity contribution in [3.8, 4) is 16.9 Å². The van der Waals surface area contributed by atoms with Crippen molar-refractivity contribution >= 4 is 17.5 Å². The van der Waals surface area contributed by atoms with Crippen LogP contribution in [0.25, 0.3) is 16.9 Å². The maximum atomic E-state index is 14.0. The molecule has 156 valence electrons. The van der Waals surface area contributed by atoms with Gasteiger partial charge in [-0.2, -0.15) is 9.78 Å². The summed E-state index contributed by atoms with van der Waals surface area (Å²) in [6, 6.07) is 9.74. The third kappa shape index (κ3) is 4.55. The van der Waals surface area contributed by atoms with Crippen molar-refractivity contribution < 1.29 is 18.7 Å². The Labute approximate surface area is 175 Å². The van der Waals surface area contributed by atoms with Crippen LogP contribution in [0.3, 0.4) is 0 Å². The second-order valence-corrected chi connectivity index (χ2v) is 6.94. The molecule has 0 spiro atoms. The molecule has 1 heterocycles. The number of amides is 1. The molecule has 9 heteroatoms. The van der Waals surface area contributed by atoms with E-state index >= 15 is 0 Å². The molecular weight excluding hydrogens is 416 g/mol. The number of benzene rings is 2. The Bertz CT molecular complexity index is 1150. The number of carbonyl (C=O) groups is 1. The molecule has 30 heavy (non-hydrogen) atoms. The van der Waals surface area contributed by atoms with Gasteiger partial charge in [-0.05, 0) is 42.8 Å². The van der Waals surface area contributed by atoms with Gasteiger partial charge in [-0.25, -0.2) is 8.78 Å². The van der Waals surface area contributed by atoms with Gasteiger partial charge in [0.1, 0.15) is 17.2 Å². The lowest BCUT2D eigenvalue weighted by molar-refractivity contribution is 0.0913. The van der Waals surface area contributed by atoms with Crippen molar-refractivity contribution in [3.05, 3.63) is 81.1 Å². The molecule has 2 aromatic carbocycles. The van der Waals surface area contributed by atoms with Crippen molar-refractivity contribution in [2.24, 2.45) is 0 Å². The van der Waals surface area contributed by atoms with Crippen LogP contribution in [0.15, 0.2) is 53.3 Å². The molecule has 1 atom stereocenters. The van der Waals surface area contributed by atoms with Gasteiger partial charge in [-0.3, -0.25) is 9.59 Å². The number of carbonyl (C=O) groups excluding carboxylic acids is 1. The number of aliphatic hydroxyl groups is 1. The zero-order valence-electron chi connectivity index (χ0n) is 15.9. The van der Waals surface area contributed by atoms with Crippen molar-refractivity contribution in [1.29, 1.82) is 0 Å². The smallest absolute Gasteiger partial charge is 0.284 e. The number of halogens is 3. The monoisotopic (exact) mass is 433 g/mol. The molecule has 1 unspecified atom stereocenters. The summed E-state index contributed by atoms with van der Waals surface area (Å²) in [5.41, 5.74) is -0.600. The molecule has 0 aliphatic rings. The van der Waals surface area contributed by atoms with Crippen molar-refractivity contribution in [1.82, 2.24) is 15.1 Å². The van der Waals surface area contributed by atoms with E-state index in [0.29, 0.717) is 6.42 Å². The van der Waals surface area contributed by atoms with E-state index in [1.54, 1.807) is 6.92 Å². The van der Waals surface area contributed by atoms with E-state index in [4.69, 9.17) is 11.6 Å². The maximum absolute atomic E-state index is 14.0. The number of hydrogen-bond acceptors (Lipinski definition) is 4. The molecule has 6 nitrogen and oxygen atoms in total. The number of hydrogen-bond donors (Lipinski definition) is 2. The first-order valence-electron chi connectivity index (χ1n) is 9.11. The van der Waals surface area contributed by atoms with Gasteiger partial charge in [-0.1, -0.05) is 30.7 Å². The summed E-state index contributed by atoms with van der Waals surface area (Å²) in [7, 11) is 0. The molecule has 0 bridgehead atoms. The van der Waals surface area contributed by atoms with Gasteiger partial charge in [0.05, 0.1) is 29.1 Å². The second kappa shape index (κ2) is 9.15. The summed E-state index contributed by atoms with van der Waals surface area (Å²) in [4.78, 5) is 25.7. The van der Waals surface area contributed by atoms with Crippen molar-refractivity contribution in [2.45, 2.75) is 19.4 Å². The van der Waals surface area contributed by atoms with Crippen LogP contribution in [-0.4, -0.2) is 33.4 Å². The van der Waals surface area contributed by atoms with Crippen LogP contribution in [-0.2, 0) is 0 Å². The first-order chi connectivity index (χ1) is 14.3. The number of aliphatic hydroxyl groups excluding tert-OH is 1. The number of nitrogens with one attached hydrogen (secondary N) is 1. The van der Waals surface area contributed by atoms with E-state index < -0.39 is 29.1 Å². The molecule has 0 saturated carbocycles. The fourth-order valence-corrected chi connectivity index (χ4v) is 2.89. The van der Waals surface area contributed by atoms with E-state index in [1.807, 2.05) is 0 Å². The molecule has 3 aromatic rings. The Morgan fingerprint density at radius 3 is 2.63 bits per heavy atom. The number of nitrogens with zero attached hydrogens (tertiary/aromatic N) is 2. The molecule has 2 N–H and O–H groups in total. The summed E-state index contributed by atoms with van der Waals surface area (Å²) in [5.74, 6) is -2.03. The predicted octanol–water partition coefficient (Wildman–Crippen LogP) is 3.33. The van der Waals surface area contributed by atoms with Crippen LogP contribution in [0, 0.1) is 11.6 Å². The molecule has 0 radical (unpaired) electrons. The Morgan fingerprint density at radius 1 is 1.23 bits per heavy atom. The van der Waals surface area contributed by atoms with E-state index in [1.165, 1.54) is 36.4 Å². The van der Waals surface area contributed by atoms with E-state index in [0.717, 1.165) is 16.8 Å². The summed E-state index contributed by atoms with van der Waals surface area (Å²) >= 11 is 5.73. The Morgan fingerprint density at radius 2 is 2.00 bits per heavy atom. The molecule has 3 rings (SSSR count). The van der Waals surface area contributed by atoms with E-state index in [-0.39, 0.29) is 34.1 Å². The fraction of sp³-hybridized carbons (Fsp3) is 0.190. The molecule has 1 aromatic heterocycles. The van der Waals surface area contributed by atoms with Crippen LogP contribution in [0.2, 0.25) is 5.02 Å². The van der Waals surface area contributed by atoms with Gasteiger partial charge in [0, 0.05) is 5.56 Å². The lowest BCUT2D eigenvalue weighted by Gasteiger charge is -2.15. The fourth-order valence-electron chi connectivity index (χ4n) is 2.78. The summed E-state index contributed by atoms with van der Waals surface area (Å²) < 4.78 is 28.5. The second-order valence-electron chi connectivity index (χ2n) is 6.53. The molecule has 0 saturated heterocycles. The average molecular weight is 434 g/mol. The van der Waals surface area contributed by atoms with Crippen LogP contribution < -0.4 is 10.9 Å². The summed E-state index contributed by atoms with van der Waals surface area (Å²) in [5, 5.41) is 16.0. The zero-order chi connectivity index (χ0) is 21.8. The third-order valence-electron chi connectivity index (χ3n) is 4.47. The van der Waals surface area contributed by atoms with Crippen LogP contribution in [0.5, 0.6) is 0 Å². The van der Waals surface area contributed by atoms with Gasteiger partial charge in [0.25, 0.3) is 11.5 Å². The maximum Gasteiger partial charge on any atom is 0.284 e. The highest BCUT2D eigenvalue weighted by Gasteiger charge is 2.20. The standard InChI is InChI=1S/C21H18ClF2N3O3/c1-2-14(11-28)25-20(29)16-10-19(12-6-7-17(22)18(24)8-12)26-27(21(16)30)15-5-3-4-13(23)9-15/h3-10,14,28H,2,11H2,1H3,(H,25,29). The van der Waals surface area contributed by atoms with Crippen LogP contribution in [0.4, 0.5) is 8.78 Å². The average Bonchev–Trinajstić information content (AvgIpc) is 2.74. The predicted molar refractivity (Wildman–Crippen MR) is 109 cm³/mol. The van der Waals surface area contributed by atoms with Gasteiger partial charge < -0.3 is 10.4 Å². The van der Waals surface area contributed by atoms with Crippen LogP contribution in [0.1, 0.15) is 23.7 Å². The number of rotatable bonds is 6. The lowest BCUT2D eigenvalue weighted by atomic mass is 10.1. The highest BCUT2D eigenvalue weighted by molar-refractivity contribution is 6.30.